The lowest BCUT2D eigenvalue weighted by Gasteiger charge is -1.60. The van der Waals surface area contributed by atoms with Crippen LogP contribution >= 0.6 is 0 Å². The fraction of sp³-hybridized carbons (Fsp3) is 0.200. The Labute approximate surface area is 62.2 Å². The summed E-state index contributed by atoms with van der Waals surface area (Å²) in [5.41, 5.74) is 0. The van der Waals surface area contributed by atoms with E-state index >= 15 is 0 Å². The van der Waals surface area contributed by atoms with E-state index in [2.05, 4.69) is 29.3 Å². The molecule has 11 heavy (non-hydrogen) atoms. The normalized spacial score (nSPS) is 8.45. The van der Waals surface area contributed by atoms with Crippen LogP contribution in [0.15, 0.2) is 28.2 Å². The summed E-state index contributed by atoms with van der Waals surface area (Å²) in [5, 5.41) is 6.67. The lowest BCUT2D eigenvalue weighted by Crippen LogP contribution is -1.66. The molecule has 0 bridgehead atoms. The van der Waals surface area contributed by atoms with Gasteiger partial charge >= 0.3 is 0 Å². The first-order valence-corrected chi connectivity index (χ1v) is 2.82. The molecule has 0 atom stereocenters. The predicted octanol–water partition coefficient (Wildman–Crippen LogP) is 0.448. The van der Waals surface area contributed by atoms with Gasteiger partial charge in [0.2, 0.25) is 12.8 Å². The van der Waals surface area contributed by atoms with Crippen molar-refractivity contribution in [2.75, 3.05) is 0 Å². The van der Waals surface area contributed by atoms with Gasteiger partial charge in [-0.2, -0.15) is 4.98 Å². The summed E-state index contributed by atoms with van der Waals surface area (Å²) in [6, 6.07) is 0. The highest BCUT2D eigenvalue weighted by molar-refractivity contribution is 4.67. The van der Waals surface area contributed by atoms with E-state index in [9.17, 15) is 0 Å². The van der Waals surface area contributed by atoms with Crippen LogP contribution in [0.1, 0.15) is 5.82 Å². The van der Waals surface area contributed by atoms with Gasteiger partial charge in [-0.1, -0.05) is 10.3 Å². The van der Waals surface area contributed by atoms with Crippen molar-refractivity contribution in [2.24, 2.45) is 0 Å². The van der Waals surface area contributed by atoms with Crippen molar-refractivity contribution < 1.29 is 9.05 Å². The van der Waals surface area contributed by atoms with Crippen LogP contribution in [-0.2, 0) is 0 Å². The van der Waals surface area contributed by atoms with Crippen molar-refractivity contribution in [3.63, 3.8) is 0 Å². The van der Waals surface area contributed by atoms with Gasteiger partial charge in [-0.3, -0.25) is 0 Å². The van der Waals surface area contributed by atoms with E-state index in [-0.39, 0.29) is 0 Å². The summed E-state index contributed by atoms with van der Waals surface area (Å²) in [5.74, 6) is 0.676. The molecule has 2 aromatic heterocycles. The third kappa shape index (κ3) is 3.09. The summed E-state index contributed by atoms with van der Waals surface area (Å²) in [6.07, 6.45) is 3.90. The Morgan fingerprint density at radius 1 is 1.27 bits per heavy atom. The summed E-state index contributed by atoms with van der Waals surface area (Å²) >= 11 is 0. The standard InChI is InChI=1S/C3H4N2O.C2H2N2O/c1-3-4-2-6-5-3;1-3-2-5-4-1/h2H,1H3;1-2H. The van der Waals surface area contributed by atoms with E-state index in [1.165, 1.54) is 19.1 Å². The fourth-order valence-electron chi connectivity index (χ4n) is 0.359. The molecule has 2 aromatic rings. The topological polar surface area (TPSA) is 77.8 Å². The van der Waals surface area contributed by atoms with Gasteiger partial charge in [-0.15, -0.1) is 0 Å². The first-order valence-electron chi connectivity index (χ1n) is 2.82. The van der Waals surface area contributed by atoms with Gasteiger partial charge in [0.25, 0.3) is 0 Å². The molecule has 0 aliphatic heterocycles. The van der Waals surface area contributed by atoms with E-state index in [1.54, 1.807) is 6.92 Å². The summed E-state index contributed by atoms with van der Waals surface area (Å²) in [4.78, 5) is 7.08. The van der Waals surface area contributed by atoms with Crippen molar-refractivity contribution in [3.8, 4) is 0 Å². The molecule has 6 heteroatoms. The van der Waals surface area contributed by atoms with Gasteiger partial charge in [0.1, 0.15) is 0 Å². The number of rotatable bonds is 0. The quantitative estimate of drug-likeness (QED) is 0.548. The van der Waals surface area contributed by atoms with Crippen molar-refractivity contribution in [2.45, 2.75) is 6.92 Å². The van der Waals surface area contributed by atoms with Crippen LogP contribution < -0.4 is 0 Å². The van der Waals surface area contributed by atoms with Gasteiger partial charge in [-0.05, 0) is 6.92 Å². The lowest BCUT2D eigenvalue weighted by molar-refractivity contribution is 0.412. The molecular weight excluding hydrogens is 148 g/mol. The van der Waals surface area contributed by atoms with E-state index < -0.39 is 0 Å². The molecule has 0 aromatic carbocycles. The molecule has 0 aliphatic rings. The Kier molecular flexibility index (Phi) is 2.79. The Balaban J connectivity index is 0.000000112. The third-order valence-corrected chi connectivity index (χ3v) is 0.754. The van der Waals surface area contributed by atoms with Gasteiger partial charge < -0.3 is 9.05 Å². The maximum Gasteiger partial charge on any atom is 0.213 e. The first-order chi connectivity index (χ1) is 5.39. The van der Waals surface area contributed by atoms with Crippen LogP contribution in [0.4, 0.5) is 0 Å². The van der Waals surface area contributed by atoms with Crippen LogP contribution in [0.5, 0.6) is 0 Å². The lowest BCUT2D eigenvalue weighted by atomic mass is 10.8. The molecule has 0 spiro atoms. The molecule has 2 rings (SSSR count). The average Bonchev–Trinajstić information content (AvgIpc) is 2.57. The molecule has 0 amide bonds. The molecule has 0 radical (unpaired) electrons. The molecule has 58 valence electrons. The second kappa shape index (κ2) is 4.15. The number of hydrogen-bond donors (Lipinski definition) is 0. The van der Waals surface area contributed by atoms with Crippen molar-refractivity contribution >= 4 is 0 Å². The minimum atomic E-state index is 0.676. The van der Waals surface area contributed by atoms with Gasteiger partial charge in [0, 0.05) is 0 Å². The molecule has 0 N–H and O–H groups in total. The average molecular weight is 154 g/mol. The Morgan fingerprint density at radius 2 is 2.18 bits per heavy atom. The molecule has 0 saturated heterocycles. The maximum absolute atomic E-state index is 4.35. The molecule has 6 nitrogen and oxygen atoms in total. The number of nitrogens with zero attached hydrogens (tertiary/aromatic N) is 4. The Morgan fingerprint density at radius 3 is 2.36 bits per heavy atom. The minimum absolute atomic E-state index is 0.676. The van der Waals surface area contributed by atoms with E-state index in [0.29, 0.717) is 5.82 Å². The van der Waals surface area contributed by atoms with Crippen molar-refractivity contribution in [1.82, 2.24) is 20.3 Å². The highest BCUT2D eigenvalue weighted by atomic mass is 16.5. The highest BCUT2D eigenvalue weighted by Gasteiger charge is 1.79. The molecular formula is C5H6N4O2. The first kappa shape index (κ1) is 7.39. The second-order valence-electron chi connectivity index (χ2n) is 1.56. The van der Waals surface area contributed by atoms with E-state index in [0.717, 1.165) is 0 Å². The van der Waals surface area contributed by atoms with Crippen LogP contribution in [0.3, 0.4) is 0 Å². The fourth-order valence-corrected chi connectivity index (χ4v) is 0.359. The summed E-state index contributed by atoms with van der Waals surface area (Å²) in [6.45, 7) is 1.77. The number of aromatic nitrogens is 4. The van der Waals surface area contributed by atoms with Crippen LogP contribution in [0.25, 0.3) is 0 Å². The molecule has 0 unspecified atom stereocenters. The van der Waals surface area contributed by atoms with Crippen LogP contribution in [0, 0.1) is 6.92 Å². The molecule has 0 saturated carbocycles. The zero-order valence-corrected chi connectivity index (χ0v) is 5.84. The minimum Gasteiger partial charge on any atom is -0.343 e. The molecule has 2 heterocycles. The van der Waals surface area contributed by atoms with Crippen LogP contribution in [-0.4, -0.2) is 20.3 Å². The Bertz CT molecular complexity index is 235. The second-order valence-corrected chi connectivity index (χ2v) is 1.56. The van der Waals surface area contributed by atoms with Gasteiger partial charge in [0.05, 0.1) is 0 Å². The maximum atomic E-state index is 4.35. The zero-order chi connectivity index (χ0) is 7.94. The zero-order valence-electron chi connectivity index (χ0n) is 5.84. The summed E-state index contributed by atoms with van der Waals surface area (Å²) < 4.78 is 8.58. The van der Waals surface area contributed by atoms with E-state index in [1.807, 2.05) is 0 Å². The van der Waals surface area contributed by atoms with Crippen molar-refractivity contribution in [1.29, 1.82) is 0 Å². The largest absolute Gasteiger partial charge is 0.343 e. The van der Waals surface area contributed by atoms with Gasteiger partial charge in [-0.25, -0.2) is 4.98 Å². The molecule has 0 fully saturated rings. The SMILES string of the molecule is Cc1ncon1.c1ncon1. The molecule has 0 aliphatic carbocycles. The van der Waals surface area contributed by atoms with Gasteiger partial charge in [0.15, 0.2) is 12.2 Å². The number of aryl methyl sites for hydroxylation is 1. The van der Waals surface area contributed by atoms with Crippen LogP contribution in [0.2, 0.25) is 0 Å². The van der Waals surface area contributed by atoms with Crippen molar-refractivity contribution in [3.05, 3.63) is 24.9 Å². The van der Waals surface area contributed by atoms with E-state index in [4.69, 9.17) is 0 Å². The smallest absolute Gasteiger partial charge is 0.213 e. The Hall–Kier alpha value is -1.72. The predicted molar refractivity (Wildman–Crippen MR) is 33.3 cm³/mol. The third-order valence-electron chi connectivity index (χ3n) is 0.754. The highest BCUT2D eigenvalue weighted by Crippen LogP contribution is 1.78. The summed E-state index contributed by atoms with van der Waals surface area (Å²) in [7, 11) is 0. The monoisotopic (exact) mass is 154 g/mol. The number of hydrogen-bond acceptors (Lipinski definition) is 6.